The van der Waals surface area contributed by atoms with Crippen LogP contribution in [0.3, 0.4) is 0 Å². The van der Waals surface area contributed by atoms with Crippen LogP contribution in [0.2, 0.25) is 0 Å². The Morgan fingerprint density at radius 1 is 1.05 bits per heavy atom. The fourth-order valence-corrected chi connectivity index (χ4v) is 5.03. The maximum Gasteiger partial charge on any atom is 0.347 e. The number of fused-ring (bicyclic) bond motifs is 1. The molecule has 0 fully saturated rings. The molecule has 0 aliphatic heterocycles. The van der Waals surface area contributed by atoms with E-state index in [-0.39, 0.29) is 18.1 Å². The van der Waals surface area contributed by atoms with Gasteiger partial charge >= 0.3 is 5.97 Å². The molecule has 0 spiro atoms. The molecule has 0 saturated heterocycles. The molecule has 3 aromatic carbocycles. The standard InChI is InChI=1S/C33H36BrN3O6/c1-8-41-29-15-22(26(34)17-30(29)43-21(6)33(39)42-9-2)18-35-37-31(36-27-13-11-10-12-23(27)32(37)38)25-16-24(19(3)4)28(40-7)14-20(25)5/h10-19,21H,8-9H2,1-7H3/t21-/m0/s1. The monoisotopic (exact) mass is 649 g/mol. The predicted octanol–water partition coefficient (Wildman–Crippen LogP) is 6.88. The number of nitrogens with zero attached hydrogens (tertiary/aromatic N) is 3. The third-order valence-corrected chi connectivity index (χ3v) is 7.48. The summed E-state index contributed by atoms with van der Waals surface area (Å²) in [6.07, 6.45) is 0.730. The molecule has 0 bridgehead atoms. The lowest BCUT2D eigenvalue weighted by atomic mass is 9.96. The first kappa shape index (κ1) is 31.7. The molecule has 1 heterocycles. The van der Waals surface area contributed by atoms with E-state index in [2.05, 4.69) is 34.9 Å². The summed E-state index contributed by atoms with van der Waals surface area (Å²) in [7, 11) is 1.65. The summed E-state index contributed by atoms with van der Waals surface area (Å²) in [6.45, 7) is 12.0. The topological polar surface area (TPSA) is 101 Å². The number of carbonyl (C=O) groups is 1. The minimum atomic E-state index is -0.834. The van der Waals surface area contributed by atoms with Gasteiger partial charge in [-0.1, -0.05) is 26.0 Å². The van der Waals surface area contributed by atoms with Gasteiger partial charge in [-0.25, -0.2) is 9.78 Å². The quantitative estimate of drug-likeness (QED) is 0.129. The number of ether oxygens (including phenoxy) is 4. The summed E-state index contributed by atoms with van der Waals surface area (Å²) in [6, 6.07) is 14.6. The van der Waals surface area contributed by atoms with E-state index in [1.165, 1.54) is 4.68 Å². The zero-order valence-corrected chi connectivity index (χ0v) is 27.0. The first-order valence-electron chi connectivity index (χ1n) is 14.1. The van der Waals surface area contributed by atoms with Crippen molar-refractivity contribution in [1.82, 2.24) is 9.66 Å². The average molecular weight is 651 g/mol. The van der Waals surface area contributed by atoms with Gasteiger partial charge in [0.05, 0.1) is 37.4 Å². The number of benzene rings is 3. The van der Waals surface area contributed by atoms with Crippen molar-refractivity contribution < 1.29 is 23.7 Å². The van der Waals surface area contributed by atoms with Crippen LogP contribution in [0.4, 0.5) is 0 Å². The summed E-state index contributed by atoms with van der Waals surface area (Å²) >= 11 is 3.58. The number of aromatic nitrogens is 2. The molecule has 0 radical (unpaired) electrons. The highest BCUT2D eigenvalue weighted by atomic mass is 79.9. The number of para-hydroxylation sites is 1. The molecular formula is C33H36BrN3O6. The zero-order valence-electron chi connectivity index (χ0n) is 25.4. The second kappa shape index (κ2) is 13.9. The SMILES string of the molecule is CCOC(=O)[C@H](C)Oc1cc(Br)c(C=Nn2c(-c3cc(C(C)C)c(OC)cc3C)nc3ccccc3c2=O)cc1OCC. The van der Waals surface area contributed by atoms with Crippen molar-refractivity contribution in [3.63, 3.8) is 0 Å². The Bertz CT molecular complexity index is 1730. The Labute approximate surface area is 259 Å². The van der Waals surface area contributed by atoms with E-state index in [1.807, 2.05) is 38.1 Å². The molecule has 1 aromatic heterocycles. The van der Waals surface area contributed by atoms with E-state index >= 15 is 0 Å². The van der Waals surface area contributed by atoms with Crippen molar-refractivity contribution in [1.29, 1.82) is 0 Å². The number of aryl methyl sites for hydroxylation is 1. The normalized spacial score (nSPS) is 12.1. The van der Waals surface area contributed by atoms with Crippen molar-refractivity contribution in [2.45, 2.75) is 53.6 Å². The third kappa shape index (κ3) is 6.91. The Balaban J connectivity index is 1.86. The Morgan fingerprint density at radius 2 is 1.79 bits per heavy atom. The molecule has 43 heavy (non-hydrogen) atoms. The van der Waals surface area contributed by atoms with Crippen LogP contribution < -0.4 is 19.8 Å². The lowest BCUT2D eigenvalue weighted by Gasteiger charge is -2.18. The Morgan fingerprint density at radius 3 is 2.47 bits per heavy atom. The molecule has 0 aliphatic carbocycles. The molecule has 10 heteroatoms. The predicted molar refractivity (Wildman–Crippen MR) is 172 cm³/mol. The van der Waals surface area contributed by atoms with Crippen LogP contribution in [0.25, 0.3) is 22.3 Å². The Hall–Kier alpha value is -4.18. The lowest BCUT2D eigenvalue weighted by Crippen LogP contribution is -2.26. The average Bonchev–Trinajstić information content (AvgIpc) is 2.98. The Kier molecular flexibility index (Phi) is 10.2. The molecule has 4 aromatic rings. The molecule has 226 valence electrons. The molecule has 0 unspecified atom stereocenters. The maximum absolute atomic E-state index is 13.8. The van der Waals surface area contributed by atoms with Crippen LogP contribution in [0.5, 0.6) is 17.2 Å². The molecule has 0 N–H and O–H groups in total. The zero-order chi connectivity index (χ0) is 31.3. The van der Waals surface area contributed by atoms with Crippen LogP contribution >= 0.6 is 15.9 Å². The molecule has 0 saturated carbocycles. The highest BCUT2D eigenvalue weighted by Gasteiger charge is 2.21. The summed E-state index contributed by atoms with van der Waals surface area (Å²) in [5, 5.41) is 5.10. The van der Waals surface area contributed by atoms with E-state index in [4.69, 9.17) is 23.9 Å². The van der Waals surface area contributed by atoms with Gasteiger partial charge in [0.15, 0.2) is 23.4 Å². The van der Waals surface area contributed by atoms with E-state index in [0.717, 1.165) is 22.4 Å². The van der Waals surface area contributed by atoms with Gasteiger partial charge in [-0.05, 0) is 97.1 Å². The fraction of sp³-hybridized carbons (Fsp3) is 0.333. The van der Waals surface area contributed by atoms with Crippen LogP contribution in [0.15, 0.2) is 62.9 Å². The smallest absolute Gasteiger partial charge is 0.347 e. The minimum Gasteiger partial charge on any atom is -0.496 e. The van der Waals surface area contributed by atoms with Crippen LogP contribution in [0, 0.1) is 6.92 Å². The highest BCUT2D eigenvalue weighted by molar-refractivity contribution is 9.10. The van der Waals surface area contributed by atoms with Gasteiger partial charge in [0.2, 0.25) is 0 Å². The number of halogens is 1. The molecular weight excluding hydrogens is 614 g/mol. The van der Waals surface area contributed by atoms with E-state index < -0.39 is 12.1 Å². The summed E-state index contributed by atoms with van der Waals surface area (Å²) in [4.78, 5) is 30.9. The van der Waals surface area contributed by atoms with Gasteiger partial charge in [0, 0.05) is 15.6 Å². The lowest BCUT2D eigenvalue weighted by molar-refractivity contribution is -0.150. The molecule has 9 nitrogen and oxygen atoms in total. The van der Waals surface area contributed by atoms with Gasteiger partial charge in [-0.3, -0.25) is 4.79 Å². The number of rotatable bonds is 11. The van der Waals surface area contributed by atoms with Crippen LogP contribution in [0.1, 0.15) is 57.2 Å². The van der Waals surface area contributed by atoms with Gasteiger partial charge in [-0.15, -0.1) is 0 Å². The number of hydrogen-bond acceptors (Lipinski definition) is 8. The second-order valence-electron chi connectivity index (χ2n) is 10.1. The molecule has 1 atom stereocenters. The largest absolute Gasteiger partial charge is 0.496 e. The number of methoxy groups -OCH3 is 1. The third-order valence-electron chi connectivity index (χ3n) is 6.79. The van der Waals surface area contributed by atoms with E-state index in [9.17, 15) is 9.59 Å². The summed E-state index contributed by atoms with van der Waals surface area (Å²) in [5.74, 6) is 1.68. The number of hydrogen-bond donors (Lipinski definition) is 0. The van der Waals surface area contributed by atoms with Crippen LogP contribution in [-0.4, -0.2) is 48.3 Å². The van der Waals surface area contributed by atoms with Gasteiger partial charge in [-0.2, -0.15) is 9.78 Å². The van der Waals surface area contributed by atoms with E-state index in [1.54, 1.807) is 51.4 Å². The fourth-order valence-electron chi connectivity index (χ4n) is 4.60. The maximum atomic E-state index is 13.8. The van der Waals surface area contributed by atoms with Crippen LogP contribution in [-0.2, 0) is 9.53 Å². The molecule has 0 aliphatic rings. The van der Waals surface area contributed by atoms with Crippen molar-refractivity contribution in [2.24, 2.45) is 5.10 Å². The second-order valence-corrected chi connectivity index (χ2v) is 11.0. The first-order valence-corrected chi connectivity index (χ1v) is 14.9. The number of esters is 1. The highest BCUT2D eigenvalue weighted by Crippen LogP contribution is 2.35. The molecule has 0 amide bonds. The minimum absolute atomic E-state index is 0.179. The van der Waals surface area contributed by atoms with E-state index in [0.29, 0.717) is 44.9 Å². The van der Waals surface area contributed by atoms with Crippen molar-refractivity contribution in [3.05, 3.63) is 80.0 Å². The van der Waals surface area contributed by atoms with Gasteiger partial charge in [0.1, 0.15) is 5.75 Å². The van der Waals surface area contributed by atoms with Gasteiger partial charge in [0.25, 0.3) is 5.56 Å². The van der Waals surface area contributed by atoms with Crippen molar-refractivity contribution in [3.8, 4) is 28.6 Å². The summed E-state index contributed by atoms with van der Waals surface area (Å²) < 4.78 is 24.3. The van der Waals surface area contributed by atoms with Gasteiger partial charge < -0.3 is 18.9 Å². The molecule has 4 rings (SSSR count). The number of carbonyl (C=O) groups excluding carboxylic acids is 1. The first-order chi connectivity index (χ1) is 20.6. The van der Waals surface area contributed by atoms with Crippen molar-refractivity contribution >= 4 is 39.0 Å². The summed E-state index contributed by atoms with van der Waals surface area (Å²) in [5.41, 5.74) is 3.56. The van der Waals surface area contributed by atoms with Crippen molar-refractivity contribution in [2.75, 3.05) is 20.3 Å².